The number of carboxylic acid groups (broad SMARTS) is 1. The SMILES string of the molecule is CC(C)COC(=O)Nc1cccc([C@@H]2C[C@]2(NS(=O)(=O)c2ccc(-c3ccc(Cl)cc3)cc2)C(=O)O)c1. The maximum absolute atomic E-state index is 13.1. The molecule has 1 amide bonds. The zero-order chi connectivity index (χ0) is 26.8. The van der Waals surface area contributed by atoms with Crippen molar-refractivity contribution in [2.45, 2.75) is 36.6 Å². The van der Waals surface area contributed by atoms with Gasteiger partial charge in [0.1, 0.15) is 5.54 Å². The second kappa shape index (κ2) is 10.5. The van der Waals surface area contributed by atoms with E-state index in [4.69, 9.17) is 16.3 Å². The van der Waals surface area contributed by atoms with E-state index in [0.29, 0.717) is 16.3 Å². The number of amides is 1. The molecule has 0 aromatic heterocycles. The molecule has 8 nitrogen and oxygen atoms in total. The Morgan fingerprint density at radius 2 is 1.68 bits per heavy atom. The first-order valence-electron chi connectivity index (χ1n) is 11.7. The predicted molar refractivity (Wildman–Crippen MR) is 141 cm³/mol. The van der Waals surface area contributed by atoms with Gasteiger partial charge in [-0.05, 0) is 65.4 Å². The number of benzene rings is 3. The second-order valence-corrected chi connectivity index (χ2v) is 11.5. The van der Waals surface area contributed by atoms with Crippen molar-refractivity contribution in [1.29, 1.82) is 0 Å². The van der Waals surface area contributed by atoms with Crippen LogP contribution in [0.1, 0.15) is 31.7 Å². The molecule has 194 valence electrons. The standard InChI is InChI=1S/C27H27ClN2O6S/c1-17(2)16-36-26(33)29-22-5-3-4-20(14-22)24-15-27(24,25(31)32)30-37(34,35)23-12-8-19(9-13-23)18-6-10-21(28)11-7-18/h3-14,17,24,30H,15-16H2,1-2H3,(H,29,33)(H,31,32)/t24-,27+/m0/s1. The van der Waals surface area contributed by atoms with Crippen LogP contribution in [0, 0.1) is 5.92 Å². The number of hydrogen-bond donors (Lipinski definition) is 3. The highest BCUT2D eigenvalue weighted by Gasteiger charge is 2.63. The van der Waals surface area contributed by atoms with E-state index < -0.39 is 33.5 Å². The molecule has 37 heavy (non-hydrogen) atoms. The molecular weight excluding hydrogens is 516 g/mol. The van der Waals surface area contributed by atoms with Crippen LogP contribution in [0.4, 0.5) is 10.5 Å². The lowest BCUT2D eigenvalue weighted by atomic mass is 10.1. The lowest BCUT2D eigenvalue weighted by Crippen LogP contribution is -2.44. The molecular formula is C27H27ClN2O6S. The van der Waals surface area contributed by atoms with Gasteiger partial charge >= 0.3 is 12.1 Å². The average Bonchev–Trinajstić information content (AvgIpc) is 3.58. The van der Waals surface area contributed by atoms with Gasteiger partial charge in [-0.25, -0.2) is 13.2 Å². The van der Waals surface area contributed by atoms with Crippen molar-refractivity contribution in [3.8, 4) is 11.1 Å². The lowest BCUT2D eigenvalue weighted by molar-refractivity contribution is -0.140. The summed E-state index contributed by atoms with van der Waals surface area (Å²) < 4.78 is 33.8. The van der Waals surface area contributed by atoms with Crippen molar-refractivity contribution in [2.24, 2.45) is 5.92 Å². The molecule has 1 saturated carbocycles. The number of ether oxygens (including phenoxy) is 1. The van der Waals surface area contributed by atoms with Gasteiger partial charge in [-0.15, -0.1) is 0 Å². The number of aliphatic carboxylic acids is 1. The number of sulfonamides is 1. The number of carboxylic acids is 1. The zero-order valence-corrected chi connectivity index (χ0v) is 21.8. The van der Waals surface area contributed by atoms with Gasteiger partial charge in [-0.2, -0.15) is 4.72 Å². The Labute approximate surface area is 220 Å². The van der Waals surface area contributed by atoms with Crippen LogP contribution in [0.5, 0.6) is 0 Å². The van der Waals surface area contributed by atoms with Crippen LogP contribution in [-0.4, -0.2) is 37.7 Å². The minimum atomic E-state index is -4.13. The summed E-state index contributed by atoms with van der Waals surface area (Å²) in [6.07, 6.45) is -0.542. The Hall–Kier alpha value is -3.40. The molecule has 3 N–H and O–H groups in total. The molecule has 1 aliphatic rings. The van der Waals surface area contributed by atoms with Crippen LogP contribution in [-0.2, 0) is 19.6 Å². The fraction of sp³-hybridized carbons (Fsp3) is 0.259. The Morgan fingerprint density at radius 1 is 1.05 bits per heavy atom. The third-order valence-electron chi connectivity index (χ3n) is 6.08. The highest BCUT2D eigenvalue weighted by Crippen LogP contribution is 2.52. The molecule has 0 radical (unpaired) electrons. The van der Waals surface area contributed by atoms with Crippen LogP contribution in [0.2, 0.25) is 5.02 Å². The van der Waals surface area contributed by atoms with E-state index >= 15 is 0 Å². The molecule has 3 aromatic carbocycles. The van der Waals surface area contributed by atoms with E-state index in [0.717, 1.165) is 11.1 Å². The number of nitrogens with one attached hydrogen (secondary N) is 2. The molecule has 2 atom stereocenters. The second-order valence-electron chi connectivity index (χ2n) is 9.41. The van der Waals surface area contributed by atoms with Gasteiger partial charge in [0.15, 0.2) is 0 Å². The summed E-state index contributed by atoms with van der Waals surface area (Å²) in [5.41, 5.74) is 0.990. The van der Waals surface area contributed by atoms with Crippen molar-refractivity contribution >= 4 is 39.4 Å². The Morgan fingerprint density at radius 3 is 2.27 bits per heavy atom. The van der Waals surface area contributed by atoms with Gasteiger partial charge in [-0.1, -0.05) is 61.8 Å². The first-order chi connectivity index (χ1) is 17.5. The van der Waals surface area contributed by atoms with Crippen molar-refractivity contribution in [3.05, 3.63) is 83.4 Å². The largest absolute Gasteiger partial charge is 0.480 e. The van der Waals surface area contributed by atoms with E-state index in [-0.39, 0.29) is 23.8 Å². The molecule has 0 heterocycles. The van der Waals surface area contributed by atoms with Gasteiger partial charge < -0.3 is 9.84 Å². The van der Waals surface area contributed by atoms with E-state index in [1.54, 1.807) is 48.5 Å². The number of hydrogen-bond acceptors (Lipinski definition) is 5. The number of carbonyl (C=O) groups excluding carboxylic acids is 1. The first-order valence-corrected chi connectivity index (χ1v) is 13.5. The van der Waals surface area contributed by atoms with E-state index in [9.17, 15) is 23.1 Å². The quantitative estimate of drug-likeness (QED) is 0.328. The number of rotatable bonds is 9. The van der Waals surface area contributed by atoms with Crippen molar-refractivity contribution < 1.29 is 27.9 Å². The van der Waals surface area contributed by atoms with Gasteiger partial charge in [0.2, 0.25) is 10.0 Å². The Balaban J connectivity index is 1.50. The van der Waals surface area contributed by atoms with Crippen molar-refractivity contribution in [1.82, 2.24) is 4.72 Å². The summed E-state index contributed by atoms with van der Waals surface area (Å²) in [6.45, 7) is 4.10. The van der Waals surface area contributed by atoms with E-state index in [1.165, 1.54) is 12.1 Å². The van der Waals surface area contributed by atoms with Crippen LogP contribution in [0.25, 0.3) is 11.1 Å². The summed E-state index contributed by atoms with van der Waals surface area (Å²) in [7, 11) is -4.13. The highest BCUT2D eigenvalue weighted by atomic mass is 35.5. The van der Waals surface area contributed by atoms with Crippen molar-refractivity contribution in [2.75, 3.05) is 11.9 Å². The van der Waals surface area contributed by atoms with E-state index in [2.05, 4.69) is 10.0 Å². The maximum Gasteiger partial charge on any atom is 0.411 e. The van der Waals surface area contributed by atoms with Gasteiger partial charge in [-0.3, -0.25) is 10.1 Å². The van der Waals surface area contributed by atoms with Crippen LogP contribution >= 0.6 is 11.6 Å². The number of carbonyl (C=O) groups is 2. The molecule has 1 fully saturated rings. The van der Waals surface area contributed by atoms with Crippen LogP contribution in [0.3, 0.4) is 0 Å². The zero-order valence-electron chi connectivity index (χ0n) is 20.3. The molecule has 0 aliphatic heterocycles. The predicted octanol–water partition coefficient (Wildman–Crippen LogP) is 5.50. The average molecular weight is 543 g/mol. The fourth-order valence-electron chi connectivity index (χ4n) is 4.06. The monoisotopic (exact) mass is 542 g/mol. The molecule has 0 bridgehead atoms. The number of halogens is 1. The van der Waals surface area contributed by atoms with E-state index in [1.807, 2.05) is 26.0 Å². The minimum Gasteiger partial charge on any atom is -0.480 e. The minimum absolute atomic E-state index is 0.0418. The summed E-state index contributed by atoms with van der Waals surface area (Å²) in [4.78, 5) is 24.2. The van der Waals surface area contributed by atoms with Crippen LogP contribution in [0.15, 0.2) is 77.7 Å². The first kappa shape index (κ1) is 26.7. The lowest BCUT2D eigenvalue weighted by Gasteiger charge is -2.16. The molecule has 3 aromatic rings. The van der Waals surface area contributed by atoms with Gasteiger partial charge in [0.25, 0.3) is 0 Å². The summed E-state index contributed by atoms with van der Waals surface area (Å²) in [6, 6.07) is 20.0. The Kier molecular flexibility index (Phi) is 7.59. The molecule has 10 heteroatoms. The smallest absolute Gasteiger partial charge is 0.411 e. The third-order valence-corrected chi connectivity index (χ3v) is 7.86. The third kappa shape index (κ3) is 6.12. The number of anilines is 1. The molecule has 1 aliphatic carbocycles. The van der Waals surface area contributed by atoms with Gasteiger partial charge in [0, 0.05) is 16.6 Å². The Bertz CT molecular complexity index is 1410. The highest BCUT2D eigenvalue weighted by molar-refractivity contribution is 7.89. The molecule has 0 unspecified atom stereocenters. The normalized spacial score (nSPS) is 18.9. The maximum atomic E-state index is 13.1. The summed E-state index contributed by atoms with van der Waals surface area (Å²) >= 11 is 5.93. The molecule has 0 spiro atoms. The molecule has 4 rings (SSSR count). The van der Waals surface area contributed by atoms with Gasteiger partial charge in [0.05, 0.1) is 11.5 Å². The topological polar surface area (TPSA) is 122 Å². The fourth-order valence-corrected chi connectivity index (χ4v) is 5.59. The summed E-state index contributed by atoms with van der Waals surface area (Å²) in [5.74, 6) is -1.70. The summed E-state index contributed by atoms with van der Waals surface area (Å²) in [5, 5.41) is 13.2. The molecule has 0 saturated heterocycles. The van der Waals surface area contributed by atoms with Crippen LogP contribution < -0.4 is 10.0 Å². The van der Waals surface area contributed by atoms with Crippen molar-refractivity contribution in [3.63, 3.8) is 0 Å².